The normalized spacial score (nSPS) is 10.4. The maximum atomic E-state index is 11.3. The van der Waals surface area contributed by atoms with Crippen molar-refractivity contribution in [2.75, 3.05) is 19.7 Å². The van der Waals surface area contributed by atoms with Gasteiger partial charge >= 0.3 is 12.2 Å². The maximum absolute atomic E-state index is 11.3. The van der Waals surface area contributed by atoms with Crippen LogP contribution in [0.25, 0.3) is 0 Å². The van der Waals surface area contributed by atoms with Gasteiger partial charge in [-0.05, 0) is 47.1 Å². The zero-order valence-corrected chi connectivity index (χ0v) is 13.0. The number of ether oxygens (including phenoxy) is 2. The third-order valence-corrected chi connectivity index (χ3v) is 2.00. The molecule has 116 valence electrons. The summed E-state index contributed by atoms with van der Waals surface area (Å²) in [6.45, 7) is 10.4. The Hall–Kier alpha value is -1.72. The predicted octanol–water partition coefficient (Wildman–Crippen LogP) is 2.59. The van der Waals surface area contributed by atoms with E-state index in [0.29, 0.717) is 19.5 Å². The number of hydrogen-bond acceptors (Lipinski definition) is 4. The fourth-order valence-corrected chi connectivity index (χ4v) is 1.12. The first-order valence-corrected chi connectivity index (χ1v) is 6.71. The lowest BCUT2D eigenvalue weighted by Gasteiger charge is -2.19. The zero-order chi connectivity index (χ0) is 15.6. The molecule has 0 radical (unpaired) electrons. The molecule has 0 rings (SSSR count). The fourth-order valence-electron chi connectivity index (χ4n) is 1.12. The lowest BCUT2D eigenvalue weighted by molar-refractivity contribution is 0.0527. The molecular formula is C14H26N2O4. The van der Waals surface area contributed by atoms with E-state index in [9.17, 15) is 9.59 Å². The van der Waals surface area contributed by atoms with Crippen molar-refractivity contribution in [1.82, 2.24) is 10.6 Å². The molecule has 0 saturated heterocycles. The standard InChI is InChI=1S/C14H26N2O4/c1-11(2)7-10-19-12(17)15-8-6-9-16-13(18)20-14(3,4)5/h7H,6,8-10H2,1-5H3,(H,15,17)(H,16,18). The molecule has 0 aliphatic rings. The Morgan fingerprint density at radius 2 is 1.60 bits per heavy atom. The molecule has 0 heterocycles. The number of amides is 2. The molecule has 0 aliphatic carbocycles. The Kier molecular flexibility index (Phi) is 8.43. The number of rotatable bonds is 6. The van der Waals surface area contributed by atoms with Crippen molar-refractivity contribution < 1.29 is 19.1 Å². The molecule has 0 bridgehead atoms. The van der Waals surface area contributed by atoms with E-state index in [1.807, 2.05) is 19.9 Å². The van der Waals surface area contributed by atoms with Crippen LogP contribution in [-0.4, -0.2) is 37.5 Å². The van der Waals surface area contributed by atoms with Crippen molar-refractivity contribution in [3.63, 3.8) is 0 Å². The minimum Gasteiger partial charge on any atom is -0.445 e. The van der Waals surface area contributed by atoms with Gasteiger partial charge < -0.3 is 20.1 Å². The van der Waals surface area contributed by atoms with Gasteiger partial charge in [-0.15, -0.1) is 0 Å². The molecule has 0 unspecified atom stereocenters. The van der Waals surface area contributed by atoms with Gasteiger partial charge in [0.25, 0.3) is 0 Å². The Morgan fingerprint density at radius 3 is 2.10 bits per heavy atom. The summed E-state index contributed by atoms with van der Waals surface area (Å²) < 4.78 is 9.98. The SMILES string of the molecule is CC(C)=CCOC(=O)NCCCNC(=O)OC(C)(C)C. The Labute approximate surface area is 120 Å². The number of carbonyl (C=O) groups is 2. The van der Waals surface area contributed by atoms with Gasteiger partial charge in [-0.2, -0.15) is 0 Å². The number of carbonyl (C=O) groups excluding carboxylic acids is 2. The minimum atomic E-state index is -0.503. The monoisotopic (exact) mass is 286 g/mol. The molecule has 0 aromatic carbocycles. The van der Waals surface area contributed by atoms with Crippen LogP contribution < -0.4 is 10.6 Å². The zero-order valence-electron chi connectivity index (χ0n) is 13.0. The molecule has 20 heavy (non-hydrogen) atoms. The minimum absolute atomic E-state index is 0.268. The largest absolute Gasteiger partial charge is 0.445 e. The van der Waals surface area contributed by atoms with Gasteiger partial charge in [0, 0.05) is 13.1 Å². The van der Waals surface area contributed by atoms with Gasteiger partial charge in [-0.3, -0.25) is 0 Å². The first kappa shape index (κ1) is 18.3. The third-order valence-electron chi connectivity index (χ3n) is 2.00. The summed E-state index contributed by atoms with van der Waals surface area (Å²) in [5.41, 5.74) is 0.594. The van der Waals surface area contributed by atoms with Crippen LogP contribution in [0.1, 0.15) is 41.0 Å². The average Bonchev–Trinajstić information content (AvgIpc) is 2.25. The van der Waals surface area contributed by atoms with Gasteiger partial charge in [0.2, 0.25) is 0 Å². The van der Waals surface area contributed by atoms with Crippen molar-refractivity contribution in [2.45, 2.75) is 46.6 Å². The van der Waals surface area contributed by atoms with E-state index in [1.165, 1.54) is 0 Å². The summed E-state index contributed by atoms with van der Waals surface area (Å²) in [4.78, 5) is 22.5. The summed E-state index contributed by atoms with van der Waals surface area (Å²) in [5.74, 6) is 0. The smallest absolute Gasteiger partial charge is 0.407 e. The molecule has 0 aromatic rings. The average molecular weight is 286 g/mol. The second-order valence-electron chi connectivity index (χ2n) is 5.59. The van der Waals surface area contributed by atoms with E-state index in [-0.39, 0.29) is 6.61 Å². The summed E-state index contributed by atoms with van der Waals surface area (Å²) in [5, 5.41) is 5.20. The fraction of sp³-hybridized carbons (Fsp3) is 0.714. The first-order valence-electron chi connectivity index (χ1n) is 6.71. The Bertz CT molecular complexity index is 342. The van der Waals surface area contributed by atoms with Crippen molar-refractivity contribution in [2.24, 2.45) is 0 Å². The van der Waals surface area contributed by atoms with E-state index in [2.05, 4.69) is 10.6 Å². The lowest BCUT2D eigenvalue weighted by atomic mass is 10.2. The molecule has 0 saturated carbocycles. The van der Waals surface area contributed by atoms with Gasteiger partial charge in [0.1, 0.15) is 12.2 Å². The highest BCUT2D eigenvalue weighted by Gasteiger charge is 2.15. The van der Waals surface area contributed by atoms with Crippen LogP contribution in [-0.2, 0) is 9.47 Å². The van der Waals surface area contributed by atoms with E-state index in [4.69, 9.17) is 9.47 Å². The summed E-state index contributed by atoms with van der Waals surface area (Å²) in [6, 6.07) is 0. The molecular weight excluding hydrogens is 260 g/mol. The lowest BCUT2D eigenvalue weighted by Crippen LogP contribution is -2.34. The van der Waals surface area contributed by atoms with Crippen LogP contribution in [0.4, 0.5) is 9.59 Å². The number of hydrogen-bond donors (Lipinski definition) is 2. The molecule has 0 aromatic heterocycles. The molecule has 0 atom stereocenters. The maximum Gasteiger partial charge on any atom is 0.407 e. The van der Waals surface area contributed by atoms with Crippen LogP contribution in [0.3, 0.4) is 0 Å². The molecule has 2 amide bonds. The summed E-state index contributed by atoms with van der Waals surface area (Å²) >= 11 is 0. The molecule has 0 fully saturated rings. The topological polar surface area (TPSA) is 76.7 Å². The molecule has 6 nitrogen and oxygen atoms in total. The highest BCUT2D eigenvalue weighted by molar-refractivity contribution is 5.68. The van der Waals surface area contributed by atoms with Crippen LogP contribution in [0, 0.1) is 0 Å². The number of alkyl carbamates (subject to hydrolysis) is 2. The van der Waals surface area contributed by atoms with Crippen molar-refractivity contribution >= 4 is 12.2 Å². The quantitative estimate of drug-likeness (QED) is 0.581. The highest BCUT2D eigenvalue weighted by Crippen LogP contribution is 2.06. The van der Waals surface area contributed by atoms with E-state index in [0.717, 1.165) is 5.57 Å². The van der Waals surface area contributed by atoms with E-state index in [1.54, 1.807) is 20.8 Å². The van der Waals surface area contributed by atoms with Crippen LogP contribution in [0.15, 0.2) is 11.6 Å². The van der Waals surface area contributed by atoms with Gasteiger partial charge in [0.05, 0.1) is 0 Å². The molecule has 0 aliphatic heterocycles. The number of nitrogens with one attached hydrogen (secondary N) is 2. The molecule has 0 spiro atoms. The van der Waals surface area contributed by atoms with Gasteiger partial charge in [0.15, 0.2) is 0 Å². The predicted molar refractivity (Wildman–Crippen MR) is 77.6 cm³/mol. The van der Waals surface area contributed by atoms with Crippen LogP contribution in [0.5, 0.6) is 0 Å². The summed E-state index contributed by atoms with van der Waals surface area (Å²) in [6.07, 6.45) is 1.52. The highest BCUT2D eigenvalue weighted by atomic mass is 16.6. The van der Waals surface area contributed by atoms with E-state index < -0.39 is 17.8 Å². The van der Waals surface area contributed by atoms with E-state index >= 15 is 0 Å². The number of allylic oxidation sites excluding steroid dienone is 1. The van der Waals surface area contributed by atoms with Gasteiger partial charge in [-0.1, -0.05) is 5.57 Å². The molecule has 2 N–H and O–H groups in total. The summed E-state index contributed by atoms with van der Waals surface area (Å²) in [7, 11) is 0. The van der Waals surface area contributed by atoms with Gasteiger partial charge in [-0.25, -0.2) is 9.59 Å². The van der Waals surface area contributed by atoms with Crippen LogP contribution in [0.2, 0.25) is 0 Å². The van der Waals surface area contributed by atoms with Crippen LogP contribution >= 0.6 is 0 Å². The molecule has 6 heteroatoms. The Balaban J connectivity index is 3.55. The van der Waals surface area contributed by atoms with Crippen molar-refractivity contribution in [3.8, 4) is 0 Å². The van der Waals surface area contributed by atoms with Crippen molar-refractivity contribution in [1.29, 1.82) is 0 Å². The first-order chi connectivity index (χ1) is 9.20. The van der Waals surface area contributed by atoms with Crippen molar-refractivity contribution in [3.05, 3.63) is 11.6 Å². The second kappa shape index (κ2) is 9.23. The third kappa shape index (κ3) is 12.7. The Morgan fingerprint density at radius 1 is 1.05 bits per heavy atom. The second-order valence-corrected chi connectivity index (χ2v) is 5.59.